The van der Waals surface area contributed by atoms with Gasteiger partial charge in [-0.1, -0.05) is 0 Å². The van der Waals surface area contributed by atoms with Crippen LogP contribution >= 0.6 is 11.8 Å². The van der Waals surface area contributed by atoms with Gasteiger partial charge in [-0.3, -0.25) is 20.2 Å². The molecule has 1 saturated heterocycles. The topological polar surface area (TPSA) is 98.7 Å². The number of carboxylic acid groups (broad SMARTS) is 2. The highest BCUT2D eigenvalue weighted by Crippen LogP contribution is 2.38. The predicted octanol–water partition coefficient (Wildman–Crippen LogP) is -0.0566. The molecule has 0 bridgehead atoms. The Kier molecular flexibility index (Phi) is 4.40. The van der Waals surface area contributed by atoms with E-state index in [1.807, 2.05) is 20.8 Å². The van der Waals surface area contributed by atoms with Crippen molar-refractivity contribution >= 4 is 23.7 Å². The number of thioether (sulfide) groups is 1. The Morgan fingerprint density at radius 3 is 2.41 bits per heavy atom. The largest absolute Gasteiger partial charge is 0.480 e. The Morgan fingerprint density at radius 2 is 2.06 bits per heavy atom. The van der Waals surface area contributed by atoms with E-state index >= 15 is 0 Å². The molecule has 3 atom stereocenters. The minimum absolute atomic E-state index is 0.0662. The van der Waals surface area contributed by atoms with Gasteiger partial charge in [-0.2, -0.15) is 0 Å². The summed E-state index contributed by atoms with van der Waals surface area (Å²) in [6, 6.07) is -0.730. The second kappa shape index (κ2) is 5.24. The average molecular weight is 262 g/mol. The predicted molar refractivity (Wildman–Crippen MR) is 65.1 cm³/mol. The van der Waals surface area contributed by atoms with Crippen molar-refractivity contribution in [2.45, 2.75) is 43.0 Å². The maximum atomic E-state index is 11.1. The zero-order valence-electron chi connectivity index (χ0n) is 10.1. The highest BCUT2D eigenvalue weighted by atomic mass is 32.2. The summed E-state index contributed by atoms with van der Waals surface area (Å²) in [6.45, 7) is 5.70. The van der Waals surface area contributed by atoms with Crippen LogP contribution in [0.15, 0.2) is 0 Å². The van der Waals surface area contributed by atoms with E-state index in [-0.39, 0.29) is 22.7 Å². The van der Waals surface area contributed by atoms with E-state index in [9.17, 15) is 9.59 Å². The maximum Gasteiger partial charge on any atom is 0.323 e. The molecular weight excluding hydrogens is 244 g/mol. The molecule has 1 rings (SSSR count). The van der Waals surface area contributed by atoms with Gasteiger partial charge in [-0.15, -0.1) is 11.8 Å². The molecule has 1 heterocycles. The normalized spacial score (nSPS) is 28.9. The number of nitrogens with one attached hydrogen (secondary N) is 2. The van der Waals surface area contributed by atoms with Crippen molar-refractivity contribution in [3.8, 4) is 0 Å². The molecule has 0 amide bonds. The fourth-order valence-corrected chi connectivity index (χ4v) is 3.14. The second-order valence-electron chi connectivity index (χ2n) is 4.62. The molecule has 1 aliphatic rings. The number of hydrogen-bond donors (Lipinski definition) is 4. The first kappa shape index (κ1) is 14.3. The van der Waals surface area contributed by atoms with E-state index in [2.05, 4.69) is 10.6 Å². The Balaban J connectivity index is 2.67. The minimum Gasteiger partial charge on any atom is -0.480 e. The molecular formula is C10H18N2O4S. The Bertz CT molecular complexity index is 321. The first-order chi connectivity index (χ1) is 7.74. The van der Waals surface area contributed by atoms with Crippen LogP contribution in [-0.4, -0.2) is 50.9 Å². The number of carbonyl (C=O) groups is 2. The standard InChI is InChI=1S/C10H18N2O4S/c1-5-10(2,3)17-8(12-5)7(9(15)16)11-4-6(13)14/h5,7-8,11-12H,4H2,1-3H3,(H,13,14)(H,15,16). The molecule has 3 unspecified atom stereocenters. The van der Waals surface area contributed by atoms with Crippen LogP contribution in [0, 0.1) is 0 Å². The van der Waals surface area contributed by atoms with Crippen molar-refractivity contribution in [2.24, 2.45) is 0 Å². The van der Waals surface area contributed by atoms with Crippen LogP contribution in [0.2, 0.25) is 0 Å². The lowest BCUT2D eigenvalue weighted by Gasteiger charge is -2.21. The van der Waals surface area contributed by atoms with E-state index < -0.39 is 18.0 Å². The molecule has 0 radical (unpaired) electrons. The molecule has 1 fully saturated rings. The monoisotopic (exact) mass is 262 g/mol. The molecule has 0 aromatic rings. The highest BCUT2D eigenvalue weighted by molar-refractivity contribution is 8.01. The van der Waals surface area contributed by atoms with Crippen molar-refractivity contribution in [1.29, 1.82) is 0 Å². The van der Waals surface area contributed by atoms with Gasteiger partial charge in [0.15, 0.2) is 0 Å². The third-order valence-corrected chi connectivity index (χ3v) is 4.55. The molecule has 0 aromatic carbocycles. The van der Waals surface area contributed by atoms with Crippen LogP contribution in [0.1, 0.15) is 20.8 Å². The van der Waals surface area contributed by atoms with E-state index in [1.165, 1.54) is 11.8 Å². The van der Waals surface area contributed by atoms with Gasteiger partial charge in [-0.05, 0) is 20.8 Å². The molecule has 0 saturated carbocycles. The first-order valence-corrected chi connectivity index (χ1v) is 6.24. The second-order valence-corrected chi connectivity index (χ2v) is 6.42. The number of hydrogen-bond acceptors (Lipinski definition) is 5. The van der Waals surface area contributed by atoms with Crippen LogP contribution < -0.4 is 10.6 Å². The molecule has 0 aromatic heterocycles. The summed E-state index contributed by atoms with van der Waals surface area (Å²) in [4.78, 5) is 21.6. The highest BCUT2D eigenvalue weighted by Gasteiger charge is 2.43. The van der Waals surface area contributed by atoms with Crippen LogP contribution in [0.25, 0.3) is 0 Å². The van der Waals surface area contributed by atoms with Crippen molar-refractivity contribution in [3.63, 3.8) is 0 Å². The molecule has 7 heteroatoms. The third-order valence-electron chi connectivity index (χ3n) is 2.93. The maximum absolute atomic E-state index is 11.1. The van der Waals surface area contributed by atoms with Crippen molar-refractivity contribution in [1.82, 2.24) is 10.6 Å². The van der Waals surface area contributed by atoms with Gasteiger partial charge >= 0.3 is 11.9 Å². The zero-order valence-corrected chi connectivity index (χ0v) is 10.9. The van der Waals surface area contributed by atoms with Crippen molar-refractivity contribution in [3.05, 3.63) is 0 Å². The van der Waals surface area contributed by atoms with Crippen molar-refractivity contribution in [2.75, 3.05) is 6.54 Å². The SMILES string of the molecule is CC1NC(C(NCC(=O)O)C(=O)O)SC1(C)C. The summed E-state index contributed by atoms with van der Waals surface area (Å²) >= 11 is 1.52. The van der Waals surface area contributed by atoms with Gasteiger partial charge in [0.25, 0.3) is 0 Å². The third kappa shape index (κ3) is 3.58. The van der Waals surface area contributed by atoms with E-state index in [1.54, 1.807) is 0 Å². The van der Waals surface area contributed by atoms with E-state index in [0.717, 1.165) is 0 Å². The van der Waals surface area contributed by atoms with Gasteiger partial charge < -0.3 is 10.2 Å². The van der Waals surface area contributed by atoms with Gasteiger partial charge in [0.2, 0.25) is 0 Å². The summed E-state index contributed by atoms with van der Waals surface area (Å²) in [5, 5.41) is 23.0. The van der Waals surface area contributed by atoms with Gasteiger partial charge in [0.1, 0.15) is 6.04 Å². The van der Waals surface area contributed by atoms with Gasteiger partial charge in [0, 0.05) is 10.8 Å². The Morgan fingerprint density at radius 1 is 1.47 bits per heavy atom. The number of rotatable bonds is 5. The molecule has 17 heavy (non-hydrogen) atoms. The Labute approximate surface area is 104 Å². The average Bonchev–Trinajstić information content (AvgIpc) is 2.40. The zero-order chi connectivity index (χ0) is 13.2. The lowest BCUT2D eigenvalue weighted by Crippen LogP contribution is -2.51. The lowest BCUT2D eigenvalue weighted by atomic mass is 10.1. The van der Waals surface area contributed by atoms with Gasteiger partial charge in [0.05, 0.1) is 11.9 Å². The van der Waals surface area contributed by atoms with Crippen LogP contribution in [-0.2, 0) is 9.59 Å². The molecule has 0 spiro atoms. The fourth-order valence-electron chi connectivity index (χ4n) is 1.60. The first-order valence-electron chi connectivity index (χ1n) is 5.36. The summed E-state index contributed by atoms with van der Waals surface area (Å²) in [6.07, 6.45) is 0. The van der Waals surface area contributed by atoms with Crippen LogP contribution in [0.3, 0.4) is 0 Å². The fraction of sp³-hybridized carbons (Fsp3) is 0.800. The summed E-state index contributed by atoms with van der Waals surface area (Å²) in [7, 11) is 0. The minimum atomic E-state index is -1.06. The molecule has 0 aliphatic carbocycles. The van der Waals surface area contributed by atoms with E-state index in [0.29, 0.717) is 0 Å². The molecule has 4 N–H and O–H groups in total. The lowest BCUT2D eigenvalue weighted by molar-refractivity contribution is -0.140. The molecule has 1 aliphatic heterocycles. The molecule has 98 valence electrons. The number of aliphatic carboxylic acids is 2. The van der Waals surface area contributed by atoms with Gasteiger partial charge in [-0.25, -0.2) is 0 Å². The smallest absolute Gasteiger partial charge is 0.323 e. The number of carboxylic acids is 2. The summed E-state index contributed by atoms with van der Waals surface area (Å²) in [5.74, 6) is -2.10. The summed E-state index contributed by atoms with van der Waals surface area (Å²) < 4.78 is -0.0662. The quantitative estimate of drug-likeness (QED) is 0.551. The van der Waals surface area contributed by atoms with Crippen LogP contribution in [0.4, 0.5) is 0 Å². The Hall–Kier alpha value is -0.790. The molecule has 6 nitrogen and oxygen atoms in total. The van der Waals surface area contributed by atoms with Crippen molar-refractivity contribution < 1.29 is 19.8 Å². The van der Waals surface area contributed by atoms with Crippen LogP contribution in [0.5, 0.6) is 0 Å². The summed E-state index contributed by atoms with van der Waals surface area (Å²) in [5.41, 5.74) is 0. The van der Waals surface area contributed by atoms with E-state index in [4.69, 9.17) is 10.2 Å².